The van der Waals surface area contributed by atoms with Crippen LogP contribution in [0.4, 0.5) is 20.4 Å². The molecule has 4 aromatic rings. The van der Waals surface area contributed by atoms with Crippen LogP contribution in [0.2, 0.25) is 0 Å². The van der Waals surface area contributed by atoms with Crippen LogP contribution in [0, 0.1) is 17.6 Å². The van der Waals surface area contributed by atoms with E-state index in [-0.39, 0.29) is 30.5 Å². The molecule has 38 heavy (non-hydrogen) atoms. The zero-order valence-electron chi connectivity index (χ0n) is 21.3. The summed E-state index contributed by atoms with van der Waals surface area (Å²) in [6.07, 6.45) is 8.17. The van der Waals surface area contributed by atoms with Crippen LogP contribution in [0.25, 0.3) is 16.8 Å². The van der Waals surface area contributed by atoms with Crippen LogP contribution in [-0.4, -0.2) is 45.9 Å². The van der Waals surface area contributed by atoms with Gasteiger partial charge in [0.25, 0.3) is 0 Å². The van der Waals surface area contributed by atoms with Crippen LogP contribution in [0.15, 0.2) is 48.9 Å². The molecule has 3 aromatic heterocycles. The monoisotopic (exact) mass is 520 g/mol. The zero-order chi connectivity index (χ0) is 26.4. The minimum absolute atomic E-state index is 0.148. The Bertz CT molecular complexity index is 1450. The lowest BCUT2D eigenvalue weighted by atomic mass is 9.76. The predicted molar refractivity (Wildman–Crippen MR) is 139 cm³/mol. The first-order valence-electron chi connectivity index (χ1n) is 12.8. The van der Waals surface area contributed by atoms with Crippen LogP contribution < -0.4 is 11.1 Å². The van der Waals surface area contributed by atoms with Gasteiger partial charge in [0.2, 0.25) is 5.95 Å². The maximum atomic E-state index is 15.3. The second-order valence-electron chi connectivity index (χ2n) is 10.5. The molecule has 1 aromatic carbocycles. The minimum atomic E-state index is -0.833. The second kappa shape index (κ2) is 9.68. The third kappa shape index (κ3) is 4.32. The Hall–Kier alpha value is -3.47. The van der Waals surface area contributed by atoms with Gasteiger partial charge in [-0.05, 0) is 72.6 Å². The number of rotatable bonds is 6. The summed E-state index contributed by atoms with van der Waals surface area (Å²) in [5, 5.41) is 7.90. The molecule has 1 saturated carbocycles. The molecule has 0 bridgehead atoms. The lowest BCUT2D eigenvalue weighted by molar-refractivity contribution is -0.202. The Labute approximate surface area is 219 Å². The van der Waals surface area contributed by atoms with Crippen LogP contribution in [0.5, 0.6) is 0 Å². The third-order valence-corrected chi connectivity index (χ3v) is 7.79. The lowest BCUT2D eigenvalue weighted by Crippen LogP contribution is -2.48. The maximum absolute atomic E-state index is 15.3. The number of benzene rings is 1. The van der Waals surface area contributed by atoms with Crippen LogP contribution in [-0.2, 0) is 15.1 Å². The van der Waals surface area contributed by atoms with Gasteiger partial charge in [-0.25, -0.2) is 13.8 Å². The molecule has 10 heteroatoms. The molecule has 3 atom stereocenters. The number of methoxy groups -OCH3 is 1. The Morgan fingerprint density at radius 2 is 1.89 bits per heavy atom. The fourth-order valence-electron chi connectivity index (χ4n) is 5.77. The van der Waals surface area contributed by atoms with Gasteiger partial charge < -0.3 is 20.5 Å². The van der Waals surface area contributed by atoms with Gasteiger partial charge in [-0.15, -0.1) is 0 Å². The van der Waals surface area contributed by atoms with Crippen molar-refractivity contribution >= 4 is 17.2 Å². The summed E-state index contributed by atoms with van der Waals surface area (Å²) < 4.78 is 42.8. The third-order valence-electron chi connectivity index (χ3n) is 7.79. The molecular weight excluding hydrogens is 490 g/mol. The maximum Gasteiger partial charge on any atom is 0.229 e. The zero-order valence-corrected chi connectivity index (χ0v) is 21.3. The number of hydrogen-bond donors (Lipinski definition) is 2. The first-order valence-corrected chi connectivity index (χ1v) is 12.8. The summed E-state index contributed by atoms with van der Waals surface area (Å²) in [4.78, 5) is 8.79. The molecule has 6 rings (SSSR count). The van der Waals surface area contributed by atoms with Crippen molar-refractivity contribution in [3.05, 3.63) is 71.7 Å². The van der Waals surface area contributed by atoms with Crippen molar-refractivity contribution in [2.45, 2.75) is 43.7 Å². The Kier molecular flexibility index (Phi) is 6.33. The van der Waals surface area contributed by atoms with E-state index in [9.17, 15) is 0 Å². The highest BCUT2D eigenvalue weighted by Gasteiger charge is 2.41. The van der Waals surface area contributed by atoms with Gasteiger partial charge in [0.05, 0.1) is 48.1 Å². The number of pyridine rings is 1. The number of imidazole rings is 1. The average molecular weight is 521 g/mol. The van der Waals surface area contributed by atoms with E-state index < -0.39 is 17.2 Å². The number of nitrogens with two attached hydrogens (primary N) is 1. The number of aromatic nitrogens is 4. The highest BCUT2D eigenvalue weighted by Crippen LogP contribution is 2.39. The summed E-state index contributed by atoms with van der Waals surface area (Å²) >= 11 is 0. The molecular formula is C28H30F2N6O2. The van der Waals surface area contributed by atoms with Crippen LogP contribution in [0.3, 0.4) is 0 Å². The SMILES string of the molecule is COC1(c2cc(F)c(-c3ccc4cnc(Nc5cnccc5[C@@H]5C[C@H](C)C[C@H](N)C5)n4n3)c(F)c2)COC1. The fourth-order valence-corrected chi connectivity index (χ4v) is 5.77. The van der Waals surface area contributed by atoms with Crippen molar-refractivity contribution in [3.8, 4) is 11.3 Å². The van der Waals surface area contributed by atoms with Crippen LogP contribution in [0.1, 0.15) is 43.2 Å². The summed E-state index contributed by atoms with van der Waals surface area (Å²) in [5.74, 6) is -0.184. The van der Waals surface area contributed by atoms with Crippen molar-refractivity contribution in [3.63, 3.8) is 0 Å². The van der Waals surface area contributed by atoms with Gasteiger partial charge in [-0.3, -0.25) is 4.98 Å². The molecule has 4 heterocycles. The minimum Gasteiger partial charge on any atom is -0.375 e. The number of anilines is 2. The molecule has 1 saturated heterocycles. The predicted octanol–water partition coefficient (Wildman–Crippen LogP) is 4.92. The Morgan fingerprint density at radius 3 is 2.58 bits per heavy atom. The van der Waals surface area contributed by atoms with E-state index in [4.69, 9.17) is 15.2 Å². The van der Waals surface area contributed by atoms with E-state index in [1.807, 2.05) is 6.07 Å². The molecule has 8 nitrogen and oxygen atoms in total. The smallest absolute Gasteiger partial charge is 0.229 e. The van der Waals surface area contributed by atoms with Crippen LogP contribution >= 0.6 is 0 Å². The van der Waals surface area contributed by atoms with Crippen molar-refractivity contribution < 1.29 is 18.3 Å². The normalized spacial score (nSPS) is 22.8. The summed E-state index contributed by atoms with van der Waals surface area (Å²) in [6.45, 7) is 2.73. The molecule has 198 valence electrons. The summed E-state index contributed by atoms with van der Waals surface area (Å²) in [6, 6.07) is 8.07. The number of nitrogens with one attached hydrogen (secondary N) is 1. The summed E-state index contributed by atoms with van der Waals surface area (Å²) in [7, 11) is 1.51. The second-order valence-corrected chi connectivity index (χ2v) is 10.5. The molecule has 1 aliphatic carbocycles. The molecule has 0 spiro atoms. The quantitative estimate of drug-likeness (QED) is 0.372. The van der Waals surface area contributed by atoms with E-state index in [2.05, 4.69) is 27.3 Å². The number of hydrogen-bond acceptors (Lipinski definition) is 7. The molecule has 2 fully saturated rings. The van der Waals surface area contributed by atoms with Gasteiger partial charge in [-0.1, -0.05) is 6.92 Å². The number of halogens is 2. The fraction of sp³-hybridized carbons (Fsp3) is 0.393. The first kappa shape index (κ1) is 24.8. The standard InChI is InChI=1S/C28H30F2N6O2/c1-16-7-17(9-19(31)8-16)21-5-6-32-13-25(21)34-27-33-12-20-3-4-24(35-36(20)27)26-22(29)10-18(11-23(26)30)28(37-2)14-38-15-28/h3-6,10-13,16-17,19H,7-9,14-15,31H2,1-2H3,(H,33,34)/t16-,17+,19-/m0/s1. The van der Waals surface area contributed by atoms with E-state index in [1.165, 1.54) is 19.2 Å². The average Bonchev–Trinajstić information content (AvgIpc) is 3.25. The van der Waals surface area contributed by atoms with Gasteiger partial charge >= 0.3 is 0 Å². The van der Waals surface area contributed by atoms with Gasteiger partial charge in [0.1, 0.15) is 17.2 Å². The molecule has 2 aliphatic rings. The van der Waals surface area contributed by atoms with Crippen molar-refractivity contribution in [2.75, 3.05) is 25.6 Å². The molecule has 3 N–H and O–H groups in total. The Morgan fingerprint density at radius 1 is 1.11 bits per heavy atom. The molecule has 0 amide bonds. The highest BCUT2D eigenvalue weighted by atomic mass is 19.1. The number of ether oxygens (including phenoxy) is 2. The Balaban J connectivity index is 1.34. The molecule has 1 aliphatic heterocycles. The highest BCUT2D eigenvalue weighted by molar-refractivity contribution is 5.66. The number of fused-ring (bicyclic) bond motifs is 1. The van der Waals surface area contributed by atoms with Gasteiger partial charge in [0, 0.05) is 19.3 Å². The van der Waals surface area contributed by atoms with E-state index in [0.29, 0.717) is 28.9 Å². The van der Waals surface area contributed by atoms with E-state index >= 15 is 8.78 Å². The molecule has 0 radical (unpaired) electrons. The number of nitrogens with zero attached hydrogens (tertiary/aromatic N) is 4. The lowest BCUT2D eigenvalue weighted by Gasteiger charge is -2.40. The largest absolute Gasteiger partial charge is 0.375 e. The van der Waals surface area contributed by atoms with Crippen molar-refractivity contribution in [1.82, 2.24) is 19.6 Å². The van der Waals surface area contributed by atoms with Crippen molar-refractivity contribution in [2.24, 2.45) is 11.7 Å². The van der Waals surface area contributed by atoms with E-state index in [1.54, 1.807) is 35.2 Å². The van der Waals surface area contributed by atoms with Crippen molar-refractivity contribution in [1.29, 1.82) is 0 Å². The topological polar surface area (TPSA) is 99.6 Å². The summed E-state index contributed by atoms with van der Waals surface area (Å²) in [5.41, 5.74) is 8.44. The molecule has 0 unspecified atom stereocenters. The van der Waals surface area contributed by atoms with E-state index in [0.717, 1.165) is 30.5 Å². The van der Waals surface area contributed by atoms with Gasteiger partial charge in [0.15, 0.2) is 0 Å². The first-order chi connectivity index (χ1) is 18.4. The van der Waals surface area contributed by atoms with Gasteiger partial charge in [-0.2, -0.15) is 9.61 Å².